The lowest BCUT2D eigenvalue weighted by atomic mass is 9.73. The molecule has 0 spiro atoms. The minimum absolute atomic E-state index is 0.0707. The van der Waals surface area contributed by atoms with Crippen molar-refractivity contribution in [3.8, 4) is 0 Å². The molecule has 1 saturated heterocycles. The second-order valence-electron chi connectivity index (χ2n) is 10.7. The van der Waals surface area contributed by atoms with Crippen molar-refractivity contribution in [3.63, 3.8) is 0 Å². The molecule has 36 heavy (non-hydrogen) atoms. The fourth-order valence-corrected chi connectivity index (χ4v) is 6.12. The maximum absolute atomic E-state index is 14.9. The molecule has 1 aromatic carbocycles. The topological polar surface area (TPSA) is 44.7 Å². The summed E-state index contributed by atoms with van der Waals surface area (Å²) in [7, 11) is 3.42. The van der Waals surface area contributed by atoms with Crippen molar-refractivity contribution in [2.24, 2.45) is 11.8 Å². The van der Waals surface area contributed by atoms with Gasteiger partial charge in [-0.25, -0.2) is 22.0 Å². The molecule has 4 nitrogen and oxygen atoms in total. The van der Waals surface area contributed by atoms with Crippen LogP contribution in [0.2, 0.25) is 0 Å². The van der Waals surface area contributed by atoms with Gasteiger partial charge in [-0.1, -0.05) is 0 Å². The molecule has 2 N–H and O–H groups in total. The van der Waals surface area contributed by atoms with Gasteiger partial charge in [-0.05, 0) is 76.9 Å². The van der Waals surface area contributed by atoms with Crippen LogP contribution < -0.4 is 5.32 Å². The van der Waals surface area contributed by atoms with Crippen molar-refractivity contribution in [2.45, 2.75) is 81.8 Å². The number of halogens is 5. The molecule has 2 fully saturated rings. The Bertz CT molecular complexity index is 833. The summed E-state index contributed by atoms with van der Waals surface area (Å²) in [6.45, 7) is 2.34. The van der Waals surface area contributed by atoms with E-state index in [4.69, 9.17) is 4.74 Å². The van der Waals surface area contributed by atoms with Gasteiger partial charge in [-0.3, -0.25) is 4.90 Å². The van der Waals surface area contributed by atoms with E-state index in [1.54, 1.807) is 7.11 Å². The third-order valence-corrected chi connectivity index (χ3v) is 8.14. The fraction of sp³-hybridized carbons (Fsp3) is 0.778. The molecule has 1 aromatic rings. The Hall–Kier alpha value is -1.29. The van der Waals surface area contributed by atoms with E-state index in [1.165, 1.54) is 0 Å². The molecule has 0 amide bonds. The van der Waals surface area contributed by atoms with Crippen molar-refractivity contribution in [1.82, 2.24) is 10.2 Å². The zero-order valence-electron chi connectivity index (χ0n) is 21.5. The van der Waals surface area contributed by atoms with Crippen LogP contribution in [-0.4, -0.2) is 62.4 Å². The molecule has 1 unspecified atom stereocenters. The minimum atomic E-state index is -2.57. The number of hydrogen-bond acceptors (Lipinski definition) is 4. The molecule has 206 valence electrons. The van der Waals surface area contributed by atoms with Gasteiger partial charge in [-0.2, -0.15) is 0 Å². The number of unbranched alkanes of at least 4 members (excludes halogenated alkanes) is 1. The van der Waals surface area contributed by atoms with Gasteiger partial charge in [-0.15, -0.1) is 0 Å². The molecular weight excluding hydrogens is 479 g/mol. The van der Waals surface area contributed by atoms with Gasteiger partial charge in [0.2, 0.25) is 5.92 Å². The van der Waals surface area contributed by atoms with Gasteiger partial charge in [0.25, 0.3) is 0 Å². The van der Waals surface area contributed by atoms with Gasteiger partial charge in [0.05, 0.1) is 5.60 Å². The van der Waals surface area contributed by atoms with Crippen molar-refractivity contribution >= 4 is 0 Å². The number of ether oxygens (including phenoxy) is 1. The zero-order chi connectivity index (χ0) is 26.3. The molecular formula is C27H41F5N2O2. The first-order chi connectivity index (χ1) is 17.1. The van der Waals surface area contributed by atoms with E-state index in [-0.39, 0.29) is 36.8 Å². The van der Waals surface area contributed by atoms with Crippen molar-refractivity contribution < 1.29 is 31.8 Å². The molecule has 3 rings (SSSR count). The quantitative estimate of drug-likeness (QED) is 0.213. The number of nitrogens with zero attached hydrogens (tertiary/aromatic N) is 1. The Balaban J connectivity index is 1.81. The maximum Gasteiger partial charge on any atom is 0.248 e. The van der Waals surface area contributed by atoms with Crippen LogP contribution in [0.15, 0.2) is 12.1 Å². The Morgan fingerprint density at radius 2 is 1.89 bits per heavy atom. The minimum Gasteiger partial charge on any atom is -0.385 e. The lowest BCUT2D eigenvalue weighted by Gasteiger charge is -2.46. The van der Waals surface area contributed by atoms with Crippen LogP contribution in [-0.2, 0) is 10.3 Å². The zero-order valence-corrected chi connectivity index (χ0v) is 21.5. The van der Waals surface area contributed by atoms with Gasteiger partial charge in [0.15, 0.2) is 11.6 Å². The van der Waals surface area contributed by atoms with Crippen LogP contribution in [0, 0.1) is 29.3 Å². The fourth-order valence-electron chi connectivity index (χ4n) is 6.12. The highest BCUT2D eigenvalue weighted by atomic mass is 19.3. The SMILES string of the molecule is CNCC(CC1CCC(F)(F)CC1)N1CCC[C@@H]([C@@](O)(CCCCOC)c2cc(F)cc(F)c2F)C1. The van der Waals surface area contributed by atoms with Gasteiger partial charge in [0, 0.05) is 63.2 Å². The van der Waals surface area contributed by atoms with E-state index in [1.807, 2.05) is 7.05 Å². The third-order valence-electron chi connectivity index (χ3n) is 8.14. The Kier molecular flexibility index (Phi) is 10.6. The van der Waals surface area contributed by atoms with E-state index >= 15 is 0 Å². The normalized spacial score (nSPS) is 23.9. The first-order valence-electron chi connectivity index (χ1n) is 13.2. The molecule has 1 aliphatic heterocycles. The number of aliphatic hydroxyl groups is 1. The molecule has 0 aromatic heterocycles. The molecule has 3 atom stereocenters. The van der Waals surface area contributed by atoms with Crippen LogP contribution in [0.4, 0.5) is 22.0 Å². The second-order valence-corrected chi connectivity index (χ2v) is 10.7. The van der Waals surface area contributed by atoms with Crippen molar-refractivity contribution in [2.75, 3.05) is 40.4 Å². The largest absolute Gasteiger partial charge is 0.385 e. The third kappa shape index (κ3) is 7.39. The Morgan fingerprint density at radius 3 is 2.56 bits per heavy atom. The predicted octanol–water partition coefficient (Wildman–Crippen LogP) is 5.62. The number of rotatable bonds is 12. The van der Waals surface area contributed by atoms with Crippen LogP contribution in [0.25, 0.3) is 0 Å². The summed E-state index contributed by atoms with van der Waals surface area (Å²) in [5.41, 5.74) is -2.07. The predicted molar refractivity (Wildman–Crippen MR) is 129 cm³/mol. The van der Waals surface area contributed by atoms with Crippen LogP contribution >= 0.6 is 0 Å². The monoisotopic (exact) mass is 520 g/mol. The van der Waals surface area contributed by atoms with Crippen LogP contribution in [0.3, 0.4) is 0 Å². The standard InChI is InChI=1S/C27H41F5N2O2/c1-33-17-22(14-19-7-10-26(31,32)11-8-19)34-12-5-6-20(18-34)27(35,9-3-4-13-36-2)23-15-21(28)16-24(29)25(23)30/h15-16,19-20,22,33,35H,3-14,17-18H2,1-2H3/t20-,22?,27+/m1/s1. The highest BCUT2D eigenvalue weighted by Gasteiger charge is 2.44. The van der Waals surface area contributed by atoms with Crippen molar-refractivity contribution in [1.29, 1.82) is 0 Å². The first-order valence-corrected chi connectivity index (χ1v) is 13.2. The summed E-state index contributed by atoms with van der Waals surface area (Å²) < 4.78 is 75.7. The Labute approximate surface area is 211 Å². The van der Waals surface area contributed by atoms with E-state index in [2.05, 4.69) is 10.2 Å². The number of likely N-dealkylation sites (N-methyl/N-ethyl adjacent to an activating group) is 1. The number of methoxy groups -OCH3 is 1. The number of likely N-dealkylation sites (tertiary alicyclic amines) is 1. The molecule has 0 bridgehead atoms. The lowest BCUT2D eigenvalue weighted by molar-refractivity contribution is -0.0744. The second kappa shape index (κ2) is 13.0. The van der Waals surface area contributed by atoms with Gasteiger partial charge in [0.1, 0.15) is 5.82 Å². The van der Waals surface area contributed by atoms with Crippen molar-refractivity contribution in [3.05, 3.63) is 35.1 Å². The van der Waals surface area contributed by atoms with Gasteiger partial charge < -0.3 is 15.2 Å². The Morgan fingerprint density at radius 1 is 1.17 bits per heavy atom. The first kappa shape index (κ1) is 29.3. The maximum atomic E-state index is 14.9. The molecule has 1 aliphatic carbocycles. The number of nitrogens with one attached hydrogen (secondary N) is 1. The molecule has 1 saturated carbocycles. The van der Waals surface area contributed by atoms with Crippen LogP contribution in [0.5, 0.6) is 0 Å². The summed E-state index contributed by atoms with van der Waals surface area (Å²) >= 11 is 0. The van der Waals surface area contributed by atoms with E-state index in [0.29, 0.717) is 57.9 Å². The highest BCUT2D eigenvalue weighted by molar-refractivity contribution is 5.28. The average molecular weight is 521 g/mol. The molecule has 2 aliphatic rings. The number of piperidine rings is 1. The number of hydrogen-bond donors (Lipinski definition) is 2. The summed E-state index contributed by atoms with van der Waals surface area (Å²) in [5, 5.41) is 15.1. The molecule has 0 radical (unpaired) electrons. The van der Waals surface area contributed by atoms with E-state index < -0.39 is 34.9 Å². The summed E-state index contributed by atoms with van der Waals surface area (Å²) in [4.78, 5) is 2.24. The van der Waals surface area contributed by atoms with Gasteiger partial charge >= 0.3 is 0 Å². The smallest absolute Gasteiger partial charge is 0.248 e. The van der Waals surface area contributed by atoms with E-state index in [9.17, 15) is 27.1 Å². The van der Waals surface area contributed by atoms with E-state index in [0.717, 1.165) is 25.5 Å². The highest BCUT2D eigenvalue weighted by Crippen LogP contribution is 2.43. The lowest BCUT2D eigenvalue weighted by Crippen LogP contribution is -2.52. The molecule has 1 heterocycles. The van der Waals surface area contributed by atoms with Crippen LogP contribution in [0.1, 0.15) is 69.8 Å². The average Bonchev–Trinajstić information content (AvgIpc) is 2.85. The summed E-state index contributed by atoms with van der Waals surface area (Å²) in [6, 6.07) is 1.48. The number of benzene rings is 1. The summed E-state index contributed by atoms with van der Waals surface area (Å²) in [5.74, 6) is -6.25. The summed E-state index contributed by atoms with van der Waals surface area (Å²) in [6.07, 6.45) is 4.20. The molecule has 9 heteroatoms. The number of alkyl halides is 2.